The van der Waals surface area contributed by atoms with E-state index < -0.39 is 0 Å². The summed E-state index contributed by atoms with van der Waals surface area (Å²) < 4.78 is 0. The monoisotopic (exact) mass is 158 g/mol. The Kier molecular flexibility index (Phi) is 14.3. The smallest absolute Gasteiger partial charge is 0.0692 e. The summed E-state index contributed by atoms with van der Waals surface area (Å²) in [5, 5.41) is 16.5. The van der Waals surface area contributed by atoms with Crippen LogP contribution in [0.5, 0.6) is 0 Å². The van der Waals surface area contributed by atoms with Crippen molar-refractivity contribution in [1.29, 1.82) is 0 Å². The lowest BCUT2D eigenvalue weighted by Gasteiger charge is -1.87. The van der Waals surface area contributed by atoms with Crippen LogP contribution >= 0.6 is 0 Å². The van der Waals surface area contributed by atoms with E-state index >= 15 is 0 Å². The minimum Gasteiger partial charge on any atom is -0.396 e. The van der Waals surface area contributed by atoms with Gasteiger partial charge in [0.05, 0.1) is 6.10 Å². The first-order valence-electron chi connectivity index (χ1n) is 3.71. The van der Waals surface area contributed by atoms with E-state index in [-0.39, 0.29) is 12.7 Å². The maximum absolute atomic E-state index is 8.47. The zero-order valence-corrected chi connectivity index (χ0v) is 7.33. The van der Waals surface area contributed by atoms with Gasteiger partial charge in [0, 0.05) is 6.61 Å². The Morgan fingerprint density at radius 1 is 1.55 bits per heavy atom. The topological polar surface area (TPSA) is 40.5 Å². The SMILES string of the molecule is C/C=C\C(C)O.C=CCCO. The number of aliphatic hydroxyl groups is 2. The molecular formula is C9H18O2. The number of hydrogen-bond acceptors (Lipinski definition) is 2. The normalized spacial score (nSPS) is 12.0. The zero-order valence-electron chi connectivity index (χ0n) is 7.33. The lowest BCUT2D eigenvalue weighted by molar-refractivity contribution is 0.244. The molecule has 66 valence electrons. The molecule has 2 heteroatoms. The second-order valence-corrected chi connectivity index (χ2v) is 2.07. The van der Waals surface area contributed by atoms with E-state index in [2.05, 4.69) is 6.58 Å². The lowest BCUT2D eigenvalue weighted by Crippen LogP contribution is -1.89. The molecule has 2 N–H and O–H groups in total. The van der Waals surface area contributed by atoms with Crippen LogP contribution in [0, 0.1) is 0 Å². The number of rotatable bonds is 3. The van der Waals surface area contributed by atoms with E-state index in [4.69, 9.17) is 10.2 Å². The summed E-state index contributed by atoms with van der Waals surface area (Å²) in [4.78, 5) is 0. The van der Waals surface area contributed by atoms with Gasteiger partial charge in [-0.2, -0.15) is 0 Å². The van der Waals surface area contributed by atoms with Crippen LogP contribution in [-0.2, 0) is 0 Å². The molecule has 0 aliphatic rings. The van der Waals surface area contributed by atoms with E-state index in [0.717, 1.165) is 0 Å². The van der Waals surface area contributed by atoms with Crippen molar-refractivity contribution in [2.24, 2.45) is 0 Å². The van der Waals surface area contributed by atoms with Gasteiger partial charge in [-0.15, -0.1) is 6.58 Å². The Balaban J connectivity index is 0. The first-order chi connectivity index (χ1) is 5.18. The lowest BCUT2D eigenvalue weighted by atomic mass is 10.4. The van der Waals surface area contributed by atoms with Gasteiger partial charge in [0.1, 0.15) is 0 Å². The van der Waals surface area contributed by atoms with E-state index in [9.17, 15) is 0 Å². The van der Waals surface area contributed by atoms with Crippen LogP contribution in [0.15, 0.2) is 24.8 Å². The molecule has 0 saturated carbocycles. The minimum atomic E-state index is -0.282. The summed E-state index contributed by atoms with van der Waals surface area (Å²) in [5.74, 6) is 0. The van der Waals surface area contributed by atoms with E-state index in [1.807, 2.05) is 13.0 Å². The van der Waals surface area contributed by atoms with Crippen LogP contribution in [0.1, 0.15) is 20.3 Å². The second-order valence-electron chi connectivity index (χ2n) is 2.07. The van der Waals surface area contributed by atoms with Crippen LogP contribution in [0.25, 0.3) is 0 Å². The molecule has 2 nitrogen and oxygen atoms in total. The van der Waals surface area contributed by atoms with Crippen LogP contribution < -0.4 is 0 Å². The van der Waals surface area contributed by atoms with Gasteiger partial charge >= 0.3 is 0 Å². The highest BCUT2D eigenvalue weighted by Gasteiger charge is 1.78. The molecule has 1 atom stereocenters. The van der Waals surface area contributed by atoms with Gasteiger partial charge in [-0.1, -0.05) is 18.2 Å². The highest BCUT2D eigenvalue weighted by atomic mass is 16.3. The second kappa shape index (κ2) is 12.1. The fourth-order valence-electron chi connectivity index (χ4n) is 0.370. The average Bonchev–Trinajstić information content (AvgIpc) is 1.90. The summed E-state index contributed by atoms with van der Waals surface area (Å²) in [6.45, 7) is 7.22. The van der Waals surface area contributed by atoms with Gasteiger partial charge in [-0.25, -0.2) is 0 Å². The fourth-order valence-corrected chi connectivity index (χ4v) is 0.370. The Bertz CT molecular complexity index is 95.7. The molecule has 0 saturated heterocycles. The van der Waals surface area contributed by atoms with Gasteiger partial charge in [0.25, 0.3) is 0 Å². The molecule has 0 aromatic heterocycles. The molecule has 0 amide bonds. The van der Waals surface area contributed by atoms with Crippen molar-refractivity contribution in [2.45, 2.75) is 26.4 Å². The number of hydrogen-bond donors (Lipinski definition) is 2. The van der Waals surface area contributed by atoms with Crippen LogP contribution in [0.2, 0.25) is 0 Å². The molecule has 0 radical (unpaired) electrons. The first kappa shape index (κ1) is 13.0. The molecule has 0 heterocycles. The molecule has 11 heavy (non-hydrogen) atoms. The van der Waals surface area contributed by atoms with Crippen molar-refractivity contribution in [2.75, 3.05) is 6.61 Å². The highest BCUT2D eigenvalue weighted by Crippen LogP contribution is 1.78. The molecule has 0 bridgehead atoms. The Labute approximate surface area is 68.9 Å². The summed E-state index contributed by atoms with van der Waals surface area (Å²) in [6, 6.07) is 0. The number of aliphatic hydroxyl groups excluding tert-OH is 2. The highest BCUT2D eigenvalue weighted by molar-refractivity contribution is 4.81. The molecule has 1 unspecified atom stereocenters. The van der Waals surface area contributed by atoms with Gasteiger partial charge in [-0.3, -0.25) is 0 Å². The van der Waals surface area contributed by atoms with Gasteiger partial charge < -0.3 is 10.2 Å². The molecule has 0 aliphatic carbocycles. The van der Waals surface area contributed by atoms with Crippen molar-refractivity contribution in [3.63, 3.8) is 0 Å². The van der Waals surface area contributed by atoms with E-state index in [1.165, 1.54) is 0 Å². The Morgan fingerprint density at radius 3 is 2.09 bits per heavy atom. The largest absolute Gasteiger partial charge is 0.396 e. The molecular weight excluding hydrogens is 140 g/mol. The molecule has 0 aliphatic heterocycles. The molecule has 0 fully saturated rings. The molecule has 0 spiro atoms. The van der Waals surface area contributed by atoms with Gasteiger partial charge in [-0.05, 0) is 20.3 Å². The predicted molar refractivity (Wildman–Crippen MR) is 48.4 cm³/mol. The van der Waals surface area contributed by atoms with Crippen molar-refractivity contribution >= 4 is 0 Å². The van der Waals surface area contributed by atoms with Gasteiger partial charge in [0.15, 0.2) is 0 Å². The van der Waals surface area contributed by atoms with Crippen molar-refractivity contribution < 1.29 is 10.2 Å². The molecule has 0 aromatic rings. The first-order valence-corrected chi connectivity index (χ1v) is 3.71. The summed E-state index contributed by atoms with van der Waals surface area (Å²) in [6.07, 6.45) is 5.65. The summed E-state index contributed by atoms with van der Waals surface area (Å²) >= 11 is 0. The quantitative estimate of drug-likeness (QED) is 0.611. The molecule has 0 aromatic carbocycles. The third kappa shape index (κ3) is 26.6. The van der Waals surface area contributed by atoms with E-state index in [0.29, 0.717) is 6.42 Å². The zero-order chi connectivity index (χ0) is 9.11. The van der Waals surface area contributed by atoms with Crippen molar-refractivity contribution in [3.8, 4) is 0 Å². The predicted octanol–water partition coefficient (Wildman–Crippen LogP) is 1.50. The maximum atomic E-state index is 8.47. The van der Waals surface area contributed by atoms with Crippen LogP contribution in [0.4, 0.5) is 0 Å². The standard InChI is InChI=1S/C5H10O.C4H8O/c1-3-4-5(2)6;1-2-3-4-5/h3-6H,1-2H3;2,5H,1,3-4H2/b4-3-;. The fraction of sp³-hybridized carbons (Fsp3) is 0.556. The van der Waals surface area contributed by atoms with Crippen molar-refractivity contribution in [3.05, 3.63) is 24.8 Å². The minimum absolute atomic E-state index is 0.226. The Morgan fingerprint density at radius 2 is 2.09 bits per heavy atom. The summed E-state index contributed by atoms with van der Waals surface area (Å²) in [5.41, 5.74) is 0. The third-order valence-corrected chi connectivity index (χ3v) is 0.804. The Hall–Kier alpha value is -0.600. The third-order valence-electron chi connectivity index (χ3n) is 0.804. The van der Waals surface area contributed by atoms with Crippen LogP contribution in [0.3, 0.4) is 0 Å². The molecule has 0 rings (SSSR count). The summed E-state index contributed by atoms with van der Waals surface area (Å²) in [7, 11) is 0. The van der Waals surface area contributed by atoms with Crippen LogP contribution in [-0.4, -0.2) is 22.9 Å². The van der Waals surface area contributed by atoms with E-state index in [1.54, 1.807) is 19.1 Å². The maximum Gasteiger partial charge on any atom is 0.0692 e. The van der Waals surface area contributed by atoms with Crippen molar-refractivity contribution in [1.82, 2.24) is 0 Å². The average molecular weight is 158 g/mol. The van der Waals surface area contributed by atoms with Gasteiger partial charge in [0.2, 0.25) is 0 Å². The number of allylic oxidation sites excluding steroid dienone is 1.